The third-order valence-corrected chi connectivity index (χ3v) is 2.87. The van der Waals surface area contributed by atoms with Crippen LogP contribution in [0.25, 0.3) is 11.2 Å². The number of hydrogen-bond donors (Lipinski definition) is 1. The van der Waals surface area contributed by atoms with Gasteiger partial charge in [-0.3, -0.25) is 4.98 Å². The third kappa shape index (κ3) is 2.34. The summed E-state index contributed by atoms with van der Waals surface area (Å²) in [6.45, 7) is 1.68. The van der Waals surface area contributed by atoms with E-state index in [0.717, 1.165) is 37.3 Å². The zero-order valence-corrected chi connectivity index (χ0v) is 9.47. The summed E-state index contributed by atoms with van der Waals surface area (Å²) in [5.41, 5.74) is 1.49. The van der Waals surface area contributed by atoms with Crippen molar-refractivity contribution >= 4 is 17.0 Å². The normalized spacial score (nSPS) is 19.6. The number of nitrogens with zero attached hydrogens (tertiary/aromatic N) is 3. The van der Waals surface area contributed by atoms with Gasteiger partial charge in [-0.15, -0.1) is 0 Å². The minimum atomic E-state index is 0.314. The standard InChI is InChI=1S/C12H14N4O/c1-2-9(17-7-1)8-15-11-4-3-10-12(16-11)14-6-5-13-10/h3-6,9H,1-2,7-8H2,(H,14,15,16). The molecule has 1 unspecified atom stereocenters. The molecular weight excluding hydrogens is 216 g/mol. The van der Waals surface area contributed by atoms with E-state index in [9.17, 15) is 0 Å². The van der Waals surface area contributed by atoms with Crippen molar-refractivity contribution in [1.82, 2.24) is 15.0 Å². The first-order valence-corrected chi connectivity index (χ1v) is 5.85. The minimum Gasteiger partial charge on any atom is -0.376 e. The smallest absolute Gasteiger partial charge is 0.180 e. The van der Waals surface area contributed by atoms with Gasteiger partial charge < -0.3 is 10.1 Å². The van der Waals surface area contributed by atoms with Gasteiger partial charge in [0.15, 0.2) is 5.65 Å². The molecule has 0 aliphatic carbocycles. The van der Waals surface area contributed by atoms with E-state index in [1.165, 1.54) is 0 Å². The van der Waals surface area contributed by atoms with Gasteiger partial charge in [0.25, 0.3) is 0 Å². The Hall–Kier alpha value is -1.75. The number of nitrogens with one attached hydrogen (secondary N) is 1. The van der Waals surface area contributed by atoms with Crippen LogP contribution in [0, 0.1) is 0 Å². The van der Waals surface area contributed by atoms with Crippen LogP contribution in [0.4, 0.5) is 5.82 Å². The topological polar surface area (TPSA) is 59.9 Å². The van der Waals surface area contributed by atoms with E-state index >= 15 is 0 Å². The lowest BCUT2D eigenvalue weighted by atomic mass is 10.2. The van der Waals surface area contributed by atoms with Crippen molar-refractivity contribution in [2.75, 3.05) is 18.5 Å². The van der Waals surface area contributed by atoms with E-state index in [-0.39, 0.29) is 0 Å². The first kappa shape index (κ1) is 10.4. The summed E-state index contributed by atoms with van der Waals surface area (Å²) in [7, 11) is 0. The summed E-state index contributed by atoms with van der Waals surface area (Å²) < 4.78 is 5.54. The van der Waals surface area contributed by atoms with Crippen LogP contribution >= 0.6 is 0 Å². The monoisotopic (exact) mass is 230 g/mol. The number of aromatic nitrogens is 3. The Balaban J connectivity index is 1.72. The highest BCUT2D eigenvalue weighted by atomic mass is 16.5. The Labute approximate surface area is 99.3 Å². The number of fused-ring (bicyclic) bond motifs is 1. The van der Waals surface area contributed by atoms with Crippen LogP contribution in [0.15, 0.2) is 24.5 Å². The Bertz CT molecular complexity index is 511. The van der Waals surface area contributed by atoms with Crippen LogP contribution in [0.5, 0.6) is 0 Å². The summed E-state index contributed by atoms with van der Waals surface area (Å²) in [5, 5.41) is 3.27. The molecule has 0 aromatic carbocycles. The van der Waals surface area contributed by atoms with E-state index in [1.807, 2.05) is 12.1 Å². The number of anilines is 1. The molecule has 5 nitrogen and oxygen atoms in total. The molecule has 0 amide bonds. The predicted octanol–water partition coefficient (Wildman–Crippen LogP) is 1.62. The summed E-state index contributed by atoms with van der Waals surface area (Å²) in [5.74, 6) is 0.827. The molecule has 3 heterocycles. The zero-order chi connectivity index (χ0) is 11.5. The second-order valence-corrected chi connectivity index (χ2v) is 4.11. The second kappa shape index (κ2) is 4.63. The van der Waals surface area contributed by atoms with Crippen molar-refractivity contribution in [2.45, 2.75) is 18.9 Å². The van der Waals surface area contributed by atoms with E-state index in [2.05, 4.69) is 20.3 Å². The average Bonchev–Trinajstić information content (AvgIpc) is 2.89. The van der Waals surface area contributed by atoms with Crippen LogP contribution in [0.1, 0.15) is 12.8 Å². The van der Waals surface area contributed by atoms with Gasteiger partial charge in [0, 0.05) is 25.5 Å². The first-order valence-electron chi connectivity index (χ1n) is 5.85. The average molecular weight is 230 g/mol. The maximum absolute atomic E-state index is 5.54. The second-order valence-electron chi connectivity index (χ2n) is 4.11. The lowest BCUT2D eigenvalue weighted by Gasteiger charge is -2.11. The van der Waals surface area contributed by atoms with E-state index in [4.69, 9.17) is 4.74 Å². The van der Waals surface area contributed by atoms with E-state index < -0.39 is 0 Å². The van der Waals surface area contributed by atoms with Crippen molar-refractivity contribution in [3.05, 3.63) is 24.5 Å². The minimum absolute atomic E-state index is 0.314. The molecule has 2 aromatic rings. The molecule has 0 saturated carbocycles. The van der Waals surface area contributed by atoms with Crippen molar-refractivity contribution < 1.29 is 4.74 Å². The van der Waals surface area contributed by atoms with Gasteiger partial charge in [0.05, 0.1) is 6.10 Å². The van der Waals surface area contributed by atoms with Crippen molar-refractivity contribution in [3.8, 4) is 0 Å². The first-order chi connectivity index (χ1) is 8.42. The molecule has 0 spiro atoms. The molecule has 3 rings (SSSR count). The summed E-state index contributed by atoms with van der Waals surface area (Å²) in [6.07, 6.45) is 5.92. The summed E-state index contributed by atoms with van der Waals surface area (Å²) >= 11 is 0. The Morgan fingerprint density at radius 3 is 3.12 bits per heavy atom. The molecule has 0 radical (unpaired) electrons. The van der Waals surface area contributed by atoms with E-state index in [1.54, 1.807) is 12.4 Å². The lowest BCUT2D eigenvalue weighted by Crippen LogP contribution is -2.18. The predicted molar refractivity (Wildman–Crippen MR) is 64.8 cm³/mol. The fourth-order valence-electron chi connectivity index (χ4n) is 1.98. The number of ether oxygens (including phenoxy) is 1. The van der Waals surface area contributed by atoms with E-state index in [0.29, 0.717) is 11.8 Å². The van der Waals surface area contributed by atoms with Gasteiger partial charge in [-0.25, -0.2) is 9.97 Å². The quantitative estimate of drug-likeness (QED) is 0.868. The van der Waals surface area contributed by atoms with Gasteiger partial charge in [-0.05, 0) is 25.0 Å². The maximum atomic E-state index is 5.54. The Kier molecular flexibility index (Phi) is 2.83. The fourth-order valence-corrected chi connectivity index (χ4v) is 1.98. The van der Waals surface area contributed by atoms with Crippen LogP contribution < -0.4 is 5.32 Å². The molecule has 1 N–H and O–H groups in total. The highest BCUT2D eigenvalue weighted by Crippen LogP contribution is 2.14. The summed E-state index contributed by atoms with van der Waals surface area (Å²) in [4.78, 5) is 12.8. The molecular formula is C12H14N4O. The molecule has 88 valence electrons. The van der Waals surface area contributed by atoms with Crippen molar-refractivity contribution in [2.24, 2.45) is 0 Å². The Morgan fingerprint density at radius 2 is 2.24 bits per heavy atom. The molecule has 1 atom stereocenters. The number of hydrogen-bond acceptors (Lipinski definition) is 5. The zero-order valence-electron chi connectivity index (χ0n) is 9.47. The largest absolute Gasteiger partial charge is 0.376 e. The molecule has 17 heavy (non-hydrogen) atoms. The summed E-state index contributed by atoms with van der Waals surface area (Å²) in [6, 6.07) is 3.85. The molecule has 5 heteroatoms. The van der Waals surface area contributed by atoms with Gasteiger partial charge >= 0.3 is 0 Å². The third-order valence-electron chi connectivity index (χ3n) is 2.87. The lowest BCUT2D eigenvalue weighted by molar-refractivity contribution is 0.120. The van der Waals surface area contributed by atoms with Crippen molar-refractivity contribution in [1.29, 1.82) is 0 Å². The van der Waals surface area contributed by atoms with Gasteiger partial charge in [0.1, 0.15) is 11.3 Å². The van der Waals surface area contributed by atoms with Crippen molar-refractivity contribution in [3.63, 3.8) is 0 Å². The molecule has 2 aromatic heterocycles. The molecule has 1 saturated heterocycles. The Morgan fingerprint density at radius 1 is 1.29 bits per heavy atom. The van der Waals surface area contributed by atoms with Gasteiger partial charge in [-0.1, -0.05) is 0 Å². The van der Waals surface area contributed by atoms with Crippen LogP contribution in [-0.2, 0) is 4.74 Å². The highest BCUT2D eigenvalue weighted by Gasteiger charge is 2.14. The SMILES string of the molecule is c1cnc2nc(NCC3CCCO3)ccc2n1. The fraction of sp³-hybridized carbons (Fsp3) is 0.417. The maximum Gasteiger partial charge on any atom is 0.180 e. The highest BCUT2D eigenvalue weighted by molar-refractivity contribution is 5.71. The van der Waals surface area contributed by atoms with Gasteiger partial charge in [-0.2, -0.15) is 0 Å². The van der Waals surface area contributed by atoms with Crippen LogP contribution in [-0.4, -0.2) is 34.2 Å². The van der Waals surface area contributed by atoms with Gasteiger partial charge in [0.2, 0.25) is 0 Å². The molecule has 0 bridgehead atoms. The molecule has 1 aliphatic heterocycles. The molecule has 1 fully saturated rings. The molecule has 1 aliphatic rings. The van der Waals surface area contributed by atoms with Crippen LogP contribution in [0.2, 0.25) is 0 Å². The number of rotatable bonds is 3. The van der Waals surface area contributed by atoms with Crippen LogP contribution in [0.3, 0.4) is 0 Å². The number of pyridine rings is 1.